The Morgan fingerprint density at radius 3 is 2.38 bits per heavy atom. The second-order valence-electron chi connectivity index (χ2n) is 6.82. The fourth-order valence-corrected chi connectivity index (χ4v) is 3.14. The minimum absolute atomic E-state index is 0.00652. The largest absolute Gasteiger partial charge is 0.497 e. The molecule has 0 atom stereocenters. The Balaban J connectivity index is 1.77. The normalized spacial score (nSPS) is 11.1. The molecule has 0 aliphatic carbocycles. The Hall–Kier alpha value is -3.30. The smallest absolute Gasteiger partial charge is 0.229 e. The van der Waals surface area contributed by atoms with E-state index >= 15 is 0 Å². The molecule has 0 saturated carbocycles. The van der Waals surface area contributed by atoms with Crippen LogP contribution in [-0.2, 0) is 6.54 Å². The van der Waals surface area contributed by atoms with Gasteiger partial charge < -0.3 is 15.4 Å². The van der Waals surface area contributed by atoms with Gasteiger partial charge in [0.25, 0.3) is 0 Å². The highest BCUT2D eigenvalue weighted by molar-refractivity contribution is 7.80. The number of guanidine groups is 1. The molecule has 0 aliphatic rings. The molecular formula is C22H22ClFN6OS. The van der Waals surface area contributed by atoms with Gasteiger partial charge in [-0.1, -0.05) is 23.7 Å². The molecule has 1 heterocycles. The second kappa shape index (κ2) is 10.8. The van der Waals surface area contributed by atoms with E-state index in [1.54, 1.807) is 7.11 Å². The van der Waals surface area contributed by atoms with Crippen molar-refractivity contribution >= 4 is 46.5 Å². The van der Waals surface area contributed by atoms with Gasteiger partial charge in [0, 0.05) is 17.1 Å². The molecule has 0 saturated heterocycles. The number of thiocarbonyl (C=S) groups is 1. The van der Waals surface area contributed by atoms with Crippen LogP contribution in [0, 0.1) is 19.7 Å². The molecule has 166 valence electrons. The molecule has 7 nitrogen and oxygen atoms in total. The van der Waals surface area contributed by atoms with Crippen molar-refractivity contribution in [3.63, 3.8) is 0 Å². The van der Waals surface area contributed by atoms with Crippen molar-refractivity contribution in [2.45, 2.75) is 20.4 Å². The summed E-state index contributed by atoms with van der Waals surface area (Å²) in [6.45, 7) is 4.13. The van der Waals surface area contributed by atoms with E-state index in [1.165, 1.54) is 18.2 Å². The molecule has 0 aliphatic heterocycles. The lowest BCUT2D eigenvalue weighted by Crippen LogP contribution is -2.39. The van der Waals surface area contributed by atoms with Crippen LogP contribution >= 0.6 is 23.8 Å². The number of rotatable bonds is 5. The van der Waals surface area contributed by atoms with E-state index in [4.69, 9.17) is 28.6 Å². The summed E-state index contributed by atoms with van der Waals surface area (Å²) in [4.78, 5) is 13.3. The lowest BCUT2D eigenvalue weighted by molar-refractivity contribution is 0.414. The van der Waals surface area contributed by atoms with E-state index in [0.29, 0.717) is 24.1 Å². The highest BCUT2D eigenvalue weighted by Gasteiger charge is 2.09. The number of ether oxygens (including phenoxy) is 1. The molecule has 3 aromatic rings. The van der Waals surface area contributed by atoms with Crippen LogP contribution in [0.15, 0.2) is 53.5 Å². The van der Waals surface area contributed by atoms with Crippen LogP contribution in [0.1, 0.15) is 17.0 Å². The SMILES string of the molecule is COc1ccc(CN=C(NC(=S)Nc2ccc(F)c(Cl)c2)Nc2nc(C)cc(C)n2)cc1. The summed E-state index contributed by atoms with van der Waals surface area (Å²) in [7, 11) is 1.62. The van der Waals surface area contributed by atoms with Gasteiger partial charge in [0.1, 0.15) is 11.6 Å². The molecular weight excluding hydrogens is 451 g/mol. The van der Waals surface area contributed by atoms with Crippen LogP contribution < -0.4 is 20.7 Å². The summed E-state index contributed by atoms with van der Waals surface area (Å²) in [5.74, 6) is 0.986. The Labute approximate surface area is 196 Å². The number of benzene rings is 2. The van der Waals surface area contributed by atoms with E-state index in [2.05, 4.69) is 30.9 Å². The maximum absolute atomic E-state index is 13.4. The molecule has 10 heteroatoms. The molecule has 3 N–H and O–H groups in total. The van der Waals surface area contributed by atoms with E-state index in [1.807, 2.05) is 44.2 Å². The van der Waals surface area contributed by atoms with Crippen molar-refractivity contribution < 1.29 is 9.13 Å². The zero-order chi connectivity index (χ0) is 23.1. The summed E-state index contributed by atoms with van der Waals surface area (Å²) in [6.07, 6.45) is 0. The zero-order valence-corrected chi connectivity index (χ0v) is 19.3. The number of aromatic nitrogens is 2. The summed E-state index contributed by atoms with van der Waals surface area (Å²) in [6, 6.07) is 13.7. The molecule has 0 bridgehead atoms. The molecule has 3 rings (SSSR count). The van der Waals surface area contributed by atoms with E-state index in [9.17, 15) is 4.39 Å². The third-order valence-electron chi connectivity index (χ3n) is 4.20. The molecule has 0 spiro atoms. The fraction of sp³-hybridized carbons (Fsp3) is 0.182. The van der Waals surface area contributed by atoms with Crippen molar-refractivity contribution in [1.29, 1.82) is 0 Å². The van der Waals surface area contributed by atoms with Gasteiger partial charge in [0.2, 0.25) is 11.9 Å². The van der Waals surface area contributed by atoms with Gasteiger partial charge in [0.15, 0.2) is 5.11 Å². The molecule has 32 heavy (non-hydrogen) atoms. The number of anilines is 2. The minimum atomic E-state index is -0.508. The van der Waals surface area contributed by atoms with Crippen LogP contribution in [0.5, 0.6) is 5.75 Å². The number of hydrogen-bond acceptors (Lipinski definition) is 5. The number of nitrogens with one attached hydrogen (secondary N) is 3. The topological polar surface area (TPSA) is 83.5 Å². The van der Waals surface area contributed by atoms with Crippen molar-refractivity contribution in [2.75, 3.05) is 17.7 Å². The molecule has 2 aromatic carbocycles. The third kappa shape index (κ3) is 6.86. The first-order valence-electron chi connectivity index (χ1n) is 9.62. The number of halogens is 2. The highest BCUT2D eigenvalue weighted by Crippen LogP contribution is 2.19. The number of nitrogens with zero attached hydrogens (tertiary/aromatic N) is 3. The van der Waals surface area contributed by atoms with Crippen LogP contribution in [0.2, 0.25) is 5.02 Å². The molecule has 0 fully saturated rings. The third-order valence-corrected chi connectivity index (χ3v) is 4.69. The Morgan fingerprint density at radius 2 is 1.75 bits per heavy atom. The van der Waals surface area contributed by atoms with Crippen LogP contribution in [0.4, 0.5) is 16.0 Å². The Kier molecular flexibility index (Phi) is 7.91. The van der Waals surface area contributed by atoms with Crippen molar-refractivity contribution in [3.8, 4) is 5.75 Å². The standard InChI is InChI=1S/C22H22ClFN6OS/c1-13-10-14(2)27-21(26-13)29-20(25-12-15-4-7-17(31-3)8-5-15)30-22(32)28-16-6-9-19(24)18(23)11-16/h4-11H,12H2,1-3H3,(H3,25,26,27,28,29,30,32). The Morgan fingerprint density at radius 1 is 1.06 bits per heavy atom. The van der Waals surface area contributed by atoms with Crippen LogP contribution in [0.25, 0.3) is 0 Å². The first-order chi connectivity index (χ1) is 15.3. The van der Waals surface area contributed by atoms with Gasteiger partial charge in [-0.05, 0) is 68.0 Å². The van der Waals surface area contributed by atoms with Crippen molar-refractivity contribution in [2.24, 2.45) is 4.99 Å². The quantitative estimate of drug-likeness (QED) is 0.278. The number of aryl methyl sites for hydroxylation is 2. The summed E-state index contributed by atoms with van der Waals surface area (Å²) < 4.78 is 18.6. The van der Waals surface area contributed by atoms with Gasteiger partial charge in [-0.3, -0.25) is 5.32 Å². The predicted octanol–water partition coefficient (Wildman–Crippen LogP) is 4.85. The van der Waals surface area contributed by atoms with Gasteiger partial charge >= 0.3 is 0 Å². The fourth-order valence-electron chi connectivity index (χ4n) is 2.74. The Bertz CT molecular complexity index is 1120. The molecule has 0 radical (unpaired) electrons. The summed E-state index contributed by atoms with van der Waals surface area (Å²) >= 11 is 11.2. The number of hydrogen-bond donors (Lipinski definition) is 3. The summed E-state index contributed by atoms with van der Waals surface area (Å²) in [5, 5.41) is 9.25. The van der Waals surface area contributed by atoms with E-state index in [0.717, 1.165) is 22.7 Å². The van der Waals surface area contributed by atoms with Gasteiger partial charge in [-0.15, -0.1) is 0 Å². The molecule has 1 aromatic heterocycles. The lowest BCUT2D eigenvalue weighted by atomic mass is 10.2. The molecule has 0 amide bonds. The first-order valence-corrected chi connectivity index (χ1v) is 10.4. The van der Waals surface area contributed by atoms with Crippen molar-refractivity contribution in [1.82, 2.24) is 15.3 Å². The monoisotopic (exact) mass is 472 g/mol. The van der Waals surface area contributed by atoms with Crippen molar-refractivity contribution in [3.05, 3.63) is 76.3 Å². The molecule has 0 unspecified atom stereocenters. The summed E-state index contributed by atoms with van der Waals surface area (Å²) in [5.41, 5.74) is 3.14. The second-order valence-corrected chi connectivity index (χ2v) is 7.64. The van der Waals surface area contributed by atoms with E-state index in [-0.39, 0.29) is 10.1 Å². The zero-order valence-electron chi connectivity index (χ0n) is 17.7. The van der Waals surface area contributed by atoms with Gasteiger partial charge in [0.05, 0.1) is 18.7 Å². The van der Waals surface area contributed by atoms with Crippen LogP contribution in [-0.4, -0.2) is 28.1 Å². The maximum atomic E-state index is 13.4. The minimum Gasteiger partial charge on any atom is -0.497 e. The first kappa shape index (κ1) is 23.4. The maximum Gasteiger partial charge on any atom is 0.229 e. The van der Waals surface area contributed by atoms with Crippen LogP contribution in [0.3, 0.4) is 0 Å². The van der Waals surface area contributed by atoms with E-state index < -0.39 is 5.82 Å². The average molecular weight is 473 g/mol. The average Bonchev–Trinajstić information content (AvgIpc) is 2.74. The number of aliphatic imine (C=N–C) groups is 1. The highest BCUT2D eigenvalue weighted by atomic mass is 35.5. The number of methoxy groups -OCH3 is 1. The van der Waals surface area contributed by atoms with Gasteiger partial charge in [-0.2, -0.15) is 0 Å². The lowest BCUT2D eigenvalue weighted by Gasteiger charge is -2.14. The van der Waals surface area contributed by atoms with Gasteiger partial charge in [-0.25, -0.2) is 19.4 Å². The predicted molar refractivity (Wildman–Crippen MR) is 130 cm³/mol.